The van der Waals surface area contributed by atoms with E-state index in [1.165, 1.54) is 12.0 Å². The lowest BCUT2D eigenvalue weighted by molar-refractivity contribution is 0.0782. The Morgan fingerprint density at radius 1 is 1.37 bits per heavy atom. The van der Waals surface area contributed by atoms with Crippen molar-refractivity contribution in [2.24, 2.45) is 0 Å². The first kappa shape index (κ1) is 19.5. The summed E-state index contributed by atoms with van der Waals surface area (Å²) in [5, 5.41) is 0.351. The second kappa shape index (κ2) is 7.78. The van der Waals surface area contributed by atoms with Crippen molar-refractivity contribution >= 4 is 33.8 Å². The Kier molecular flexibility index (Phi) is 5.62. The van der Waals surface area contributed by atoms with Crippen LogP contribution in [0.1, 0.15) is 33.5 Å². The molecule has 2 aromatic heterocycles. The van der Waals surface area contributed by atoms with E-state index in [0.29, 0.717) is 35.2 Å². The number of rotatable bonds is 6. The van der Waals surface area contributed by atoms with E-state index in [-0.39, 0.29) is 5.91 Å². The number of imidazole rings is 1. The lowest BCUT2D eigenvalue weighted by Gasteiger charge is -2.19. The van der Waals surface area contributed by atoms with Crippen LogP contribution in [-0.4, -0.2) is 41.0 Å². The first-order valence-corrected chi connectivity index (χ1v) is 9.74. The largest absolute Gasteiger partial charge is 0.493 e. The standard InChI is InChI=1S/C19H22ClN3O3S/c1-6-26-17-14(20)7-13(8-16(17)25-5)18(24)22(4)10-15-12(3)21-19-23(15)9-11(2)27-19/h7-9H,6,10H2,1-5H3. The van der Waals surface area contributed by atoms with E-state index in [1.54, 1.807) is 35.4 Å². The highest BCUT2D eigenvalue weighted by Gasteiger charge is 2.20. The van der Waals surface area contributed by atoms with Crippen molar-refractivity contribution in [1.29, 1.82) is 0 Å². The molecule has 27 heavy (non-hydrogen) atoms. The number of halogens is 1. The molecule has 0 aliphatic heterocycles. The molecule has 8 heteroatoms. The van der Waals surface area contributed by atoms with Gasteiger partial charge in [0.05, 0.1) is 36.7 Å². The van der Waals surface area contributed by atoms with Crippen LogP contribution in [0.3, 0.4) is 0 Å². The van der Waals surface area contributed by atoms with Crippen LogP contribution < -0.4 is 9.47 Å². The number of ether oxygens (including phenoxy) is 2. The molecule has 0 fully saturated rings. The number of aryl methyl sites for hydroxylation is 2. The molecule has 6 nitrogen and oxygen atoms in total. The van der Waals surface area contributed by atoms with Gasteiger partial charge in [-0.1, -0.05) is 11.6 Å². The zero-order valence-corrected chi connectivity index (χ0v) is 17.6. The molecule has 0 unspecified atom stereocenters. The van der Waals surface area contributed by atoms with Crippen LogP contribution in [0.2, 0.25) is 5.02 Å². The van der Waals surface area contributed by atoms with Crippen molar-refractivity contribution in [2.45, 2.75) is 27.3 Å². The summed E-state index contributed by atoms with van der Waals surface area (Å²) in [6, 6.07) is 3.27. The van der Waals surface area contributed by atoms with Gasteiger partial charge in [0.2, 0.25) is 0 Å². The molecule has 0 aliphatic carbocycles. The van der Waals surface area contributed by atoms with Crippen LogP contribution in [0, 0.1) is 13.8 Å². The number of hydrogen-bond acceptors (Lipinski definition) is 5. The minimum Gasteiger partial charge on any atom is -0.493 e. The average molecular weight is 408 g/mol. The van der Waals surface area contributed by atoms with Crippen molar-refractivity contribution in [3.8, 4) is 11.5 Å². The fourth-order valence-corrected chi connectivity index (χ4v) is 4.10. The third-order valence-corrected chi connectivity index (χ3v) is 5.42. The minimum absolute atomic E-state index is 0.153. The Morgan fingerprint density at radius 2 is 2.11 bits per heavy atom. The van der Waals surface area contributed by atoms with Gasteiger partial charge in [0.15, 0.2) is 16.5 Å². The van der Waals surface area contributed by atoms with E-state index in [4.69, 9.17) is 21.1 Å². The Balaban J connectivity index is 1.88. The number of benzene rings is 1. The molecule has 0 radical (unpaired) electrons. The Bertz CT molecular complexity index is 996. The number of nitrogens with zero attached hydrogens (tertiary/aromatic N) is 3. The molecule has 0 spiro atoms. The van der Waals surface area contributed by atoms with E-state index >= 15 is 0 Å². The third-order valence-electron chi connectivity index (χ3n) is 4.24. The third kappa shape index (κ3) is 3.75. The van der Waals surface area contributed by atoms with Crippen LogP contribution in [0.15, 0.2) is 18.3 Å². The zero-order valence-electron chi connectivity index (χ0n) is 16.0. The van der Waals surface area contributed by atoms with Gasteiger partial charge in [0.25, 0.3) is 5.91 Å². The smallest absolute Gasteiger partial charge is 0.254 e. The summed E-state index contributed by atoms with van der Waals surface area (Å²) in [5.74, 6) is 0.736. The summed E-state index contributed by atoms with van der Waals surface area (Å²) in [6.45, 7) is 6.76. The van der Waals surface area contributed by atoms with Crippen molar-refractivity contribution in [3.63, 3.8) is 0 Å². The maximum atomic E-state index is 13.0. The fourth-order valence-electron chi connectivity index (χ4n) is 2.94. The van der Waals surface area contributed by atoms with Gasteiger partial charge in [0.1, 0.15) is 0 Å². The van der Waals surface area contributed by atoms with Gasteiger partial charge in [-0.15, -0.1) is 11.3 Å². The lowest BCUT2D eigenvalue weighted by atomic mass is 10.1. The monoisotopic (exact) mass is 407 g/mol. The topological polar surface area (TPSA) is 56.1 Å². The van der Waals surface area contributed by atoms with Crippen molar-refractivity contribution in [3.05, 3.63) is 45.2 Å². The highest BCUT2D eigenvalue weighted by molar-refractivity contribution is 7.17. The molecular formula is C19H22ClN3O3S. The summed E-state index contributed by atoms with van der Waals surface area (Å²) in [5.41, 5.74) is 2.36. The molecule has 3 rings (SSSR count). The Hall–Kier alpha value is -2.25. The molecule has 2 heterocycles. The molecule has 144 valence electrons. The maximum Gasteiger partial charge on any atom is 0.254 e. The summed E-state index contributed by atoms with van der Waals surface area (Å²) in [6.07, 6.45) is 2.05. The fraction of sp³-hybridized carbons (Fsp3) is 0.368. The lowest BCUT2D eigenvalue weighted by Crippen LogP contribution is -2.27. The van der Waals surface area contributed by atoms with Crippen molar-refractivity contribution < 1.29 is 14.3 Å². The number of carbonyl (C=O) groups excluding carboxylic acids is 1. The molecule has 1 aromatic carbocycles. The number of thiazole rings is 1. The number of methoxy groups -OCH3 is 1. The SMILES string of the molecule is CCOc1c(Cl)cc(C(=O)N(C)Cc2c(C)nc3sc(C)cn23)cc1OC. The van der Waals surface area contributed by atoms with E-state index < -0.39 is 0 Å². The van der Waals surface area contributed by atoms with E-state index in [9.17, 15) is 4.79 Å². The van der Waals surface area contributed by atoms with Gasteiger partial charge in [-0.05, 0) is 32.9 Å². The van der Waals surface area contributed by atoms with E-state index in [0.717, 1.165) is 16.3 Å². The minimum atomic E-state index is -0.153. The quantitative estimate of drug-likeness (QED) is 0.609. The highest BCUT2D eigenvalue weighted by atomic mass is 35.5. The van der Waals surface area contributed by atoms with Gasteiger partial charge in [0, 0.05) is 23.7 Å². The molecular weight excluding hydrogens is 386 g/mol. The summed E-state index contributed by atoms with van der Waals surface area (Å²) in [4.78, 5) is 21.3. The Morgan fingerprint density at radius 3 is 2.78 bits per heavy atom. The summed E-state index contributed by atoms with van der Waals surface area (Å²) in [7, 11) is 3.29. The number of aromatic nitrogens is 2. The van der Waals surface area contributed by atoms with Gasteiger partial charge in [-0.3, -0.25) is 9.20 Å². The highest BCUT2D eigenvalue weighted by Crippen LogP contribution is 2.36. The number of carbonyl (C=O) groups is 1. The molecule has 0 saturated heterocycles. The number of hydrogen-bond donors (Lipinski definition) is 0. The Labute approximate surface area is 167 Å². The molecule has 0 saturated carbocycles. The van der Waals surface area contributed by atoms with E-state index in [1.807, 2.05) is 31.4 Å². The molecule has 0 bridgehead atoms. The van der Waals surface area contributed by atoms with Gasteiger partial charge in [-0.2, -0.15) is 0 Å². The van der Waals surface area contributed by atoms with Crippen molar-refractivity contribution in [2.75, 3.05) is 20.8 Å². The molecule has 0 atom stereocenters. The van der Waals surface area contributed by atoms with Crippen LogP contribution in [0.4, 0.5) is 0 Å². The second-order valence-electron chi connectivity index (χ2n) is 6.22. The molecule has 0 N–H and O–H groups in total. The number of fused-ring (bicyclic) bond motifs is 1. The average Bonchev–Trinajstić information content (AvgIpc) is 3.12. The second-order valence-corrected chi connectivity index (χ2v) is 7.84. The van der Waals surface area contributed by atoms with Gasteiger partial charge < -0.3 is 14.4 Å². The normalized spacial score (nSPS) is 11.0. The van der Waals surface area contributed by atoms with E-state index in [2.05, 4.69) is 4.98 Å². The van der Waals surface area contributed by atoms with Crippen molar-refractivity contribution in [1.82, 2.24) is 14.3 Å². The molecule has 0 aliphatic rings. The predicted octanol–water partition coefficient (Wildman–Crippen LogP) is 4.35. The van der Waals surface area contributed by atoms with Crippen LogP contribution in [0.25, 0.3) is 4.96 Å². The summed E-state index contributed by atoms with van der Waals surface area (Å²) < 4.78 is 12.9. The maximum absolute atomic E-state index is 13.0. The molecule has 1 amide bonds. The first-order chi connectivity index (χ1) is 12.8. The van der Waals surface area contributed by atoms with Crippen LogP contribution >= 0.6 is 22.9 Å². The molecule has 3 aromatic rings. The summed E-state index contributed by atoms with van der Waals surface area (Å²) >= 11 is 7.93. The van der Waals surface area contributed by atoms with Crippen LogP contribution in [0.5, 0.6) is 11.5 Å². The predicted molar refractivity (Wildman–Crippen MR) is 108 cm³/mol. The zero-order chi connectivity index (χ0) is 19.7. The van der Waals surface area contributed by atoms with Gasteiger partial charge in [-0.25, -0.2) is 4.98 Å². The first-order valence-electron chi connectivity index (χ1n) is 8.55. The van der Waals surface area contributed by atoms with Gasteiger partial charge >= 0.3 is 0 Å². The number of amides is 1. The van der Waals surface area contributed by atoms with Crippen LogP contribution in [-0.2, 0) is 6.54 Å².